The first kappa shape index (κ1) is 23.5. The lowest BCUT2D eigenvalue weighted by Crippen LogP contribution is -2.55. The molecule has 8 heteroatoms. The van der Waals surface area contributed by atoms with Gasteiger partial charge in [0.05, 0.1) is 24.0 Å². The molecule has 2 bridgehead atoms. The average molecular weight is 478 g/mol. The Bertz CT molecular complexity index is 1110. The van der Waals surface area contributed by atoms with Crippen molar-refractivity contribution in [3.63, 3.8) is 0 Å². The number of β-amino-alcohol motifs (C(OH)–C–C–N with tert-alkyl or cyclic N) is 1. The van der Waals surface area contributed by atoms with E-state index in [2.05, 4.69) is 10.6 Å². The van der Waals surface area contributed by atoms with Crippen LogP contribution < -0.4 is 10.6 Å². The Hall–Kier alpha value is -3.23. The molecule has 3 fully saturated rings. The number of hydrogen-bond acceptors (Lipinski definition) is 5. The number of hydrogen-bond donors (Lipinski definition) is 3. The number of nitrogens with one attached hydrogen (secondary N) is 2. The van der Waals surface area contributed by atoms with E-state index >= 15 is 0 Å². The number of rotatable bonds is 8. The van der Waals surface area contributed by atoms with Crippen molar-refractivity contribution >= 4 is 17.7 Å². The normalized spacial score (nSPS) is 30.9. The van der Waals surface area contributed by atoms with Crippen LogP contribution in [0.3, 0.4) is 0 Å². The molecule has 3 heterocycles. The predicted molar refractivity (Wildman–Crippen MR) is 128 cm³/mol. The van der Waals surface area contributed by atoms with Crippen molar-refractivity contribution in [3.8, 4) is 0 Å². The maximum Gasteiger partial charge on any atom is 0.246 e. The van der Waals surface area contributed by atoms with E-state index < -0.39 is 29.1 Å². The number of amides is 3. The van der Waals surface area contributed by atoms with Crippen LogP contribution in [-0.2, 0) is 32.2 Å². The van der Waals surface area contributed by atoms with Crippen LogP contribution in [0.15, 0.2) is 60.7 Å². The Labute approximate surface area is 204 Å². The van der Waals surface area contributed by atoms with Crippen molar-refractivity contribution in [2.45, 2.75) is 50.1 Å². The number of carbonyl (C=O) groups excluding carboxylic acids is 3. The van der Waals surface area contributed by atoms with Gasteiger partial charge in [0.1, 0.15) is 11.6 Å². The molecular weight excluding hydrogens is 446 g/mol. The quantitative estimate of drug-likeness (QED) is 0.532. The number of benzene rings is 2. The fraction of sp³-hybridized carbons (Fsp3) is 0.444. The van der Waals surface area contributed by atoms with Crippen molar-refractivity contribution in [1.82, 2.24) is 15.5 Å². The summed E-state index contributed by atoms with van der Waals surface area (Å²) in [5.41, 5.74) is -0.0155. The lowest BCUT2D eigenvalue weighted by Gasteiger charge is -2.33. The van der Waals surface area contributed by atoms with Gasteiger partial charge in [0, 0.05) is 19.6 Å². The van der Waals surface area contributed by atoms with Gasteiger partial charge in [-0.15, -0.1) is 0 Å². The molecule has 0 aromatic heterocycles. The second-order valence-electron chi connectivity index (χ2n) is 9.89. The van der Waals surface area contributed by atoms with Crippen LogP contribution >= 0.6 is 0 Å². The summed E-state index contributed by atoms with van der Waals surface area (Å²) in [5, 5.41) is 15.6. The van der Waals surface area contributed by atoms with Crippen molar-refractivity contribution in [1.29, 1.82) is 0 Å². The second kappa shape index (κ2) is 9.09. The smallest absolute Gasteiger partial charge is 0.246 e. The van der Waals surface area contributed by atoms with Crippen molar-refractivity contribution in [3.05, 3.63) is 71.8 Å². The largest absolute Gasteiger partial charge is 0.395 e. The van der Waals surface area contributed by atoms with Gasteiger partial charge in [-0.1, -0.05) is 60.7 Å². The molecule has 3 aliphatic heterocycles. The molecule has 1 spiro atoms. The van der Waals surface area contributed by atoms with Crippen LogP contribution in [-0.4, -0.2) is 58.1 Å². The summed E-state index contributed by atoms with van der Waals surface area (Å²) in [7, 11) is 0. The van der Waals surface area contributed by atoms with E-state index in [1.54, 1.807) is 0 Å². The van der Waals surface area contributed by atoms with E-state index in [1.807, 2.05) is 67.6 Å². The number of nitrogens with zero attached hydrogens (tertiary/aromatic N) is 1. The molecule has 5 atom stereocenters. The zero-order valence-electron chi connectivity index (χ0n) is 19.8. The van der Waals surface area contributed by atoms with Crippen LogP contribution in [0.2, 0.25) is 0 Å². The third-order valence-electron chi connectivity index (χ3n) is 7.77. The van der Waals surface area contributed by atoms with Gasteiger partial charge in [0.15, 0.2) is 0 Å². The summed E-state index contributed by atoms with van der Waals surface area (Å²) < 4.78 is 6.52. The van der Waals surface area contributed by atoms with Gasteiger partial charge < -0.3 is 25.4 Å². The molecule has 2 aromatic carbocycles. The number of carbonyl (C=O) groups is 3. The van der Waals surface area contributed by atoms with Crippen LogP contribution in [0.5, 0.6) is 0 Å². The zero-order chi connectivity index (χ0) is 24.6. The average Bonchev–Trinajstić information content (AvgIpc) is 3.43. The third kappa shape index (κ3) is 3.90. The minimum atomic E-state index is -1.09. The molecule has 2 unspecified atom stereocenters. The Morgan fingerprint density at radius 2 is 1.54 bits per heavy atom. The maximum absolute atomic E-state index is 13.7. The van der Waals surface area contributed by atoms with Gasteiger partial charge in [-0.25, -0.2) is 0 Å². The molecule has 3 amide bonds. The van der Waals surface area contributed by atoms with Gasteiger partial charge >= 0.3 is 0 Å². The van der Waals surface area contributed by atoms with Crippen molar-refractivity contribution in [2.24, 2.45) is 11.8 Å². The molecule has 0 radical (unpaired) electrons. The molecule has 2 aromatic rings. The molecular formula is C27H31N3O5. The molecule has 35 heavy (non-hydrogen) atoms. The highest BCUT2D eigenvalue weighted by atomic mass is 16.5. The Morgan fingerprint density at radius 3 is 2.11 bits per heavy atom. The van der Waals surface area contributed by atoms with Crippen LogP contribution in [0, 0.1) is 11.8 Å². The standard InChI is InChI=1S/C27H31N3O5/c1-26-12-13-27(35-26)21(20(26)23(32)28-16-18-8-4-2-5-9-18)25(34)30(14-15-31)22(27)24(33)29-17-19-10-6-3-7-11-19/h2-11,20-22,31H,12-17H2,1H3,(H,28,32)(H,29,33)/t20-,21+,22?,26+,27?/m1/s1. The van der Waals surface area contributed by atoms with E-state index in [0.717, 1.165) is 11.1 Å². The first-order valence-corrected chi connectivity index (χ1v) is 12.1. The molecule has 3 saturated heterocycles. The van der Waals surface area contributed by atoms with Gasteiger partial charge in [-0.2, -0.15) is 0 Å². The van der Waals surface area contributed by atoms with E-state index in [4.69, 9.17) is 4.74 Å². The predicted octanol–water partition coefficient (Wildman–Crippen LogP) is 1.38. The lowest BCUT2D eigenvalue weighted by atomic mass is 9.66. The minimum absolute atomic E-state index is 0.0128. The number of aliphatic hydroxyl groups excluding tert-OH is 1. The fourth-order valence-electron chi connectivity index (χ4n) is 6.25. The summed E-state index contributed by atoms with van der Waals surface area (Å²) >= 11 is 0. The number of aliphatic hydroxyl groups is 1. The Morgan fingerprint density at radius 1 is 0.971 bits per heavy atom. The van der Waals surface area contributed by atoms with Crippen LogP contribution in [0.4, 0.5) is 0 Å². The van der Waals surface area contributed by atoms with E-state index in [1.165, 1.54) is 4.90 Å². The fourth-order valence-corrected chi connectivity index (χ4v) is 6.25. The number of fused-ring (bicyclic) bond motifs is 1. The highest BCUT2D eigenvalue weighted by molar-refractivity contribution is 5.99. The minimum Gasteiger partial charge on any atom is -0.395 e. The molecule has 8 nitrogen and oxygen atoms in total. The highest BCUT2D eigenvalue weighted by Gasteiger charge is 2.77. The highest BCUT2D eigenvalue weighted by Crippen LogP contribution is 2.63. The van der Waals surface area contributed by atoms with Crippen LogP contribution in [0.25, 0.3) is 0 Å². The molecule has 0 aliphatic carbocycles. The van der Waals surface area contributed by atoms with Gasteiger partial charge in [0.25, 0.3) is 0 Å². The second-order valence-corrected chi connectivity index (χ2v) is 9.89. The van der Waals surface area contributed by atoms with Crippen molar-refractivity contribution < 1.29 is 24.2 Å². The molecule has 0 saturated carbocycles. The maximum atomic E-state index is 13.7. The summed E-state index contributed by atoms with van der Waals surface area (Å²) in [5.74, 6) is -2.35. The van der Waals surface area contributed by atoms with E-state index in [-0.39, 0.29) is 30.9 Å². The molecule has 3 aliphatic rings. The van der Waals surface area contributed by atoms with E-state index in [9.17, 15) is 19.5 Å². The van der Waals surface area contributed by atoms with E-state index in [0.29, 0.717) is 25.9 Å². The van der Waals surface area contributed by atoms with Crippen LogP contribution in [0.1, 0.15) is 30.9 Å². The summed E-state index contributed by atoms with van der Waals surface area (Å²) in [6.07, 6.45) is 1.09. The van der Waals surface area contributed by atoms with Gasteiger partial charge in [0.2, 0.25) is 17.7 Å². The monoisotopic (exact) mass is 477 g/mol. The first-order valence-electron chi connectivity index (χ1n) is 12.1. The molecule has 3 N–H and O–H groups in total. The van der Waals surface area contributed by atoms with Crippen molar-refractivity contribution in [2.75, 3.05) is 13.2 Å². The number of likely N-dealkylation sites (tertiary alicyclic amines) is 1. The first-order chi connectivity index (χ1) is 16.9. The summed E-state index contributed by atoms with van der Waals surface area (Å²) in [6.45, 7) is 2.27. The third-order valence-corrected chi connectivity index (χ3v) is 7.77. The SMILES string of the molecule is C[C@@]12CCC3(O1)C(C(=O)NCc1ccccc1)N(CCO)C(=O)[C@@H]3[C@@H]2C(=O)NCc1ccccc1. The lowest BCUT2D eigenvalue weighted by molar-refractivity contribution is -0.146. The Kier molecular flexibility index (Phi) is 6.11. The summed E-state index contributed by atoms with van der Waals surface area (Å²) in [4.78, 5) is 42.0. The zero-order valence-corrected chi connectivity index (χ0v) is 19.8. The topological polar surface area (TPSA) is 108 Å². The summed E-state index contributed by atoms with van der Waals surface area (Å²) in [6, 6.07) is 18.2. The Balaban J connectivity index is 1.40. The van der Waals surface area contributed by atoms with Gasteiger partial charge in [-0.05, 0) is 30.9 Å². The van der Waals surface area contributed by atoms with Gasteiger partial charge in [-0.3, -0.25) is 14.4 Å². The molecule has 5 rings (SSSR count). The molecule has 184 valence electrons. The number of ether oxygens (including phenoxy) is 1.